The minimum absolute atomic E-state index is 0.122. The van der Waals surface area contributed by atoms with Gasteiger partial charge in [0.15, 0.2) is 12.6 Å². The van der Waals surface area contributed by atoms with Gasteiger partial charge in [0.2, 0.25) is 0 Å². The predicted octanol–water partition coefficient (Wildman–Crippen LogP) is 11.0. The fraction of sp³-hybridized carbons (Fsp3) is 0.660. The van der Waals surface area contributed by atoms with E-state index in [0.717, 1.165) is 44.9 Å². The maximum atomic E-state index is 13.0. The molecule has 0 aromatic heterocycles. The standard InChI is InChI=1S/C53H80O10/c1-35(2)21-23-56-45-37(5)25-39(27-41(45)49(7,8)9)17-19-43(54)58-29-51(13,14)47-60-31-53(32-61-47)33-62-48(63-34-53)52(15,16)30-59-44(55)20-18-40-26-38(6)46(57-24-22-36(3)4)42(28-40)50(10,11)12/h21-22,25-28,47-48H,17-20,23-24,29-34H2,1-16H3. The lowest BCUT2D eigenvalue weighted by atomic mass is 9.83. The Kier molecular flexibility index (Phi) is 17.7. The highest BCUT2D eigenvalue weighted by Crippen LogP contribution is 2.40. The topological polar surface area (TPSA) is 108 Å². The molecule has 0 amide bonds. The molecule has 0 bridgehead atoms. The van der Waals surface area contributed by atoms with Gasteiger partial charge in [-0.05, 0) is 99.6 Å². The van der Waals surface area contributed by atoms with E-state index in [9.17, 15) is 9.59 Å². The Hall–Kier alpha value is -3.70. The van der Waals surface area contributed by atoms with Gasteiger partial charge in [-0.2, -0.15) is 0 Å². The summed E-state index contributed by atoms with van der Waals surface area (Å²) in [5, 5.41) is 0. The average molecular weight is 877 g/mol. The summed E-state index contributed by atoms with van der Waals surface area (Å²) >= 11 is 0. The van der Waals surface area contributed by atoms with Crippen LogP contribution in [-0.2, 0) is 61.7 Å². The SMILES string of the molecule is CC(C)=CCOc1c(C)cc(CCC(=O)OCC(C)(C)C2OCC3(CO2)COC(C(C)(C)COC(=O)CCc2cc(C)c(OCC=C(C)C)c(C(C)(C)C)c2)OC3)cc1C(C)(C)C. The number of carbonyl (C=O) groups excluding carboxylic acids is 2. The van der Waals surface area contributed by atoms with E-state index in [-0.39, 0.29) is 48.8 Å². The smallest absolute Gasteiger partial charge is 0.306 e. The molecule has 0 aliphatic carbocycles. The average Bonchev–Trinajstić information content (AvgIpc) is 3.18. The fourth-order valence-electron chi connectivity index (χ4n) is 7.63. The number of aryl methyl sites for hydroxylation is 4. The third kappa shape index (κ3) is 15.2. The number of carbonyl (C=O) groups is 2. The first kappa shape index (κ1) is 51.9. The molecule has 2 aliphatic rings. The second-order valence-corrected chi connectivity index (χ2v) is 22.0. The monoisotopic (exact) mass is 877 g/mol. The van der Waals surface area contributed by atoms with Crippen LogP contribution in [0.2, 0.25) is 0 Å². The van der Waals surface area contributed by atoms with Crippen LogP contribution in [0.4, 0.5) is 0 Å². The third-order valence-electron chi connectivity index (χ3n) is 11.6. The Labute approximate surface area is 379 Å². The zero-order valence-corrected chi connectivity index (χ0v) is 41.7. The fourth-order valence-corrected chi connectivity index (χ4v) is 7.63. The van der Waals surface area contributed by atoms with Crippen LogP contribution in [0.1, 0.15) is 143 Å². The first-order valence-corrected chi connectivity index (χ1v) is 22.8. The van der Waals surface area contributed by atoms with Crippen LogP contribution in [0.25, 0.3) is 0 Å². The molecule has 0 N–H and O–H groups in total. The second-order valence-electron chi connectivity index (χ2n) is 22.0. The number of allylic oxidation sites excluding steroid dienone is 2. The largest absolute Gasteiger partial charge is 0.489 e. The zero-order chi connectivity index (χ0) is 47.0. The Bertz CT molecular complexity index is 1770. The number of rotatable bonds is 18. The summed E-state index contributed by atoms with van der Waals surface area (Å²) in [7, 11) is 0. The first-order chi connectivity index (χ1) is 29.2. The van der Waals surface area contributed by atoms with Gasteiger partial charge in [0.1, 0.15) is 37.9 Å². The molecule has 0 unspecified atom stereocenters. The Morgan fingerprint density at radius 2 is 0.921 bits per heavy atom. The summed E-state index contributed by atoms with van der Waals surface area (Å²) in [4.78, 5) is 26.0. The van der Waals surface area contributed by atoms with E-state index in [1.165, 1.54) is 11.1 Å². The quantitative estimate of drug-likeness (QED) is 0.106. The summed E-state index contributed by atoms with van der Waals surface area (Å²) in [5.74, 6) is 1.29. The van der Waals surface area contributed by atoms with Crippen molar-refractivity contribution in [3.8, 4) is 11.5 Å². The van der Waals surface area contributed by atoms with Gasteiger partial charge < -0.3 is 37.9 Å². The minimum Gasteiger partial charge on any atom is -0.489 e. The number of ether oxygens (including phenoxy) is 8. The lowest BCUT2D eigenvalue weighted by Gasteiger charge is -2.48. The molecule has 2 aromatic carbocycles. The van der Waals surface area contributed by atoms with Crippen LogP contribution in [0.5, 0.6) is 11.5 Å². The van der Waals surface area contributed by atoms with Crippen LogP contribution in [0.3, 0.4) is 0 Å². The van der Waals surface area contributed by atoms with Crippen molar-refractivity contribution in [2.24, 2.45) is 16.2 Å². The molecule has 4 rings (SSSR count). The van der Waals surface area contributed by atoms with E-state index in [1.807, 2.05) is 27.7 Å². The lowest BCUT2D eigenvalue weighted by Crippen LogP contribution is -2.57. The Morgan fingerprint density at radius 3 is 1.22 bits per heavy atom. The number of hydrogen-bond acceptors (Lipinski definition) is 10. The number of hydrogen-bond donors (Lipinski definition) is 0. The highest BCUT2D eigenvalue weighted by Gasteiger charge is 2.48. The van der Waals surface area contributed by atoms with Crippen molar-refractivity contribution in [3.63, 3.8) is 0 Å². The number of benzene rings is 2. The van der Waals surface area contributed by atoms with E-state index >= 15 is 0 Å². The van der Waals surface area contributed by atoms with Gasteiger partial charge in [0.05, 0.1) is 31.8 Å². The van der Waals surface area contributed by atoms with Crippen molar-refractivity contribution in [1.82, 2.24) is 0 Å². The molecule has 2 saturated heterocycles. The van der Waals surface area contributed by atoms with Gasteiger partial charge in [-0.1, -0.05) is 105 Å². The van der Waals surface area contributed by atoms with Crippen molar-refractivity contribution in [1.29, 1.82) is 0 Å². The molecule has 63 heavy (non-hydrogen) atoms. The normalized spacial score (nSPS) is 19.6. The van der Waals surface area contributed by atoms with E-state index < -0.39 is 28.8 Å². The van der Waals surface area contributed by atoms with E-state index in [4.69, 9.17) is 37.9 Å². The van der Waals surface area contributed by atoms with Crippen molar-refractivity contribution in [3.05, 3.63) is 80.9 Å². The van der Waals surface area contributed by atoms with Crippen LogP contribution >= 0.6 is 0 Å². The zero-order valence-electron chi connectivity index (χ0n) is 41.7. The minimum atomic E-state index is -0.584. The molecule has 10 heteroatoms. The van der Waals surface area contributed by atoms with E-state index in [2.05, 4.69) is 120 Å². The maximum Gasteiger partial charge on any atom is 0.306 e. The van der Waals surface area contributed by atoms with Gasteiger partial charge in [-0.15, -0.1) is 0 Å². The van der Waals surface area contributed by atoms with Gasteiger partial charge in [-0.25, -0.2) is 0 Å². The van der Waals surface area contributed by atoms with Crippen LogP contribution in [0.15, 0.2) is 47.6 Å². The van der Waals surface area contributed by atoms with Crippen molar-refractivity contribution < 1.29 is 47.5 Å². The summed E-state index contributed by atoms with van der Waals surface area (Å²) in [5.41, 5.74) is 7.08. The Balaban J connectivity index is 1.21. The van der Waals surface area contributed by atoms with Crippen LogP contribution in [0, 0.1) is 30.1 Å². The Morgan fingerprint density at radius 1 is 0.587 bits per heavy atom. The van der Waals surface area contributed by atoms with Crippen LogP contribution in [-0.4, -0.2) is 77.4 Å². The van der Waals surface area contributed by atoms with Crippen molar-refractivity contribution in [2.75, 3.05) is 52.9 Å². The highest BCUT2D eigenvalue weighted by molar-refractivity contribution is 5.70. The van der Waals surface area contributed by atoms with Gasteiger partial charge in [0.25, 0.3) is 0 Å². The number of esters is 2. The van der Waals surface area contributed by atoms with Gasteiger partial charge in [0, 0.05) is 34.8 Å². The molecule has 1 spiro atoms. The molecule has 10 nitrogen and oxygen atoms in total. The summed E-state index contributed by atoms with van der Waals surface area (Å²) in [6.45, 7) is 36.2. The van der Waals surface area contributed by atoms with E-state index in [0.29, 0.717) is 52.5 Å². The molecule has 0 atom stereocenters. The molecule has 2 aliphatic heterocycles. The molecular weight excluding hydrogens is 797 g/mol. The molecule has 2 heterocycles. The maximum absolute atomic E-state index is 13.0. The molecule has 2 fully saturated rings. The molecule has 352 valence electrons. The highest BCUT2D eigenvalue weighted by atomic mass is 16.7. The second kappa shape index (κ2) is 21.5. The summed E-state index contributed by atoms with van der Waals surface area (Å²) in [6, 6.07) is 8.54. The molecule has 0 radical (unpaired) electrons. The van der Waals surface area contributed by atoms with Crippen molar-refractivity contribution in [2.45, 2.75) is 160 Å². The first-order valence-electron chi connectivity index (χ1n) is 22.8. The van der Waals surface area contributed by atoms with Gasteiger partial charge >= 0.3 is 11.9 Å². The molecule has 2 aromatic rings. The lowest BCUT2D eigenvalue weighted by molar-refractivity contribution is -0.337. The molecular formula is C53H80O10. The third-order valence-corrected chi connectivity index (χ3v) is 11.6. The summed E-state index contributed by atoms with van der Waals surface area (Å²) < 4.78 is 49.1. The predicted molar refractivity (Wildman–Crippen MR) is 250 cm³/mol. The van der Waals surface area contributed by atoms with Crippen LogP contribution < -0.4 is 9.47 Å². The van der Waals surface area contributed by atoms with Crippen molar-refractivity contribution >= 4 is 11.9 Å². The summed E-state index contributed by atoms with van der Waals surface area (Å²) in [6.07, 6.45) is 4.68. The van der Waals surface area contributed by atoms with E-state index in [1.54, 1.807) is 0 Å². The molecule has 0 saturated carbocycles. The van der Waals surface area contributed by atoms with Gasteiger partial charge in [-0.3, -0.25) is 9.59 Å².